The first-order chi connectivity index (χ1) is 16.3. The topological polar surface area (TPSA) is 129 Å². The number of amides is 1. The summed E-state index contributed by atoms with van der Waals surface area (Å²) in [5.74, 6) is -0.104. The molecule has 1 aromatic heterocycles. The predicted molar refractivity (Wildman–Crippen MR) is 128 cm³/mol. The minimum atomic E-state index is -0.767. The van der Waals surface area contributed by atoms with Crippen LogP contribution in [-0.2, 0) is 6.54 Å². The van der Waals surface area contributed by atoms with E-state index in [1.54, 1.807) is 6.07 Å². The van der Waals surface area contributed by atoms with Crippen molar-refractivity contribution in [3.05, 3.63) is 97.6 Å². The van der Waals surface area contributed by atoms with Crippen LogP contribution in [0.4, 0.5) is 16.5 Å². The van der Waals surface area contributed by atoms with Crippen LogP contribution in [0.15, 0.2) is 60.7 Å². The highest BCUT2D eigenvalue weighted by atomic mass is 32.1. The molecule has 34 heavy (non-hydrogen) atoms. The molecule has 0 fully saturated rings. The molecular formula is C23H18N4O6S. The van der Waals surface area contributed by atoms with Gasteiger partial charge in [0.25, 0.3) is 17.3 Å². The third-order valence-corrected chi connectivity index (χ3v) is 6.36. The van der Waals surface area contributed by atoms with Crippen molar-refractivity contribution >= 4 is 44.0 Å². The number of nitro benzene ring substituents is 2. The van der Waals surface area contributed by atoms with Gasteiger partial charge in [-0.2, -0.15) is 0 Å². The largest absolute Gasteiger partial charge is 0.494 e. The molecule has 10 nitrogen and oxygen atoms in total. The maximum absolute atomic E-state index is 13.6. The number of non-ortho nitro benzene ring substituents is 2. The van der Waals surface area contributed by atoms with Gasteiger partial charge in [0.15, 0.2) is 5.13 Å². The number of fused-ring (bicyclic) bond motifs is 1. The number of anilines is 1. The molecule has 0 aliphatic carbocycles. The monoisotopic (exact) mass is 478 g/mol. The van der Waals surface area contributed by atoms with Crippen molar-refractivity contribution in [3.63, 3.8) is 0 Å². The number of aryl methyl sites for hydroxylation is 1. The zero-order valence-corrected chi connectivity index (χ0v) is 18.9. The van der Waals surface area contributed by atoms with Gasteiger partial charge in [0, 0.05) is 12.1 Å². The predicted octanol–water partition coefficient (Wildman–Crippen LogP) is 5.28. The molecule has 0 saturated carbocycles. The molecular weight excluding hydrogens is 460 g/mol. The number of rotatable bonds is 7. The van der Waals surface area contributed by atoms with Gasteiger partial charge >= 0.3 is 0 Å². The molecule has 0 unspecified atom stereocenters. The first-order valence-electron chi connectivity index (χ1n) is 10.0. The van der Waals surface area contributed by atoms with Gasteiger partial charge in [0.05, 0.1) is 39.8 Å². The minimum absolute atomic E-state index is 0.108. The molecule has 11 heteroatoms. The fourth-order valence-electron chi connectivity index (χ4n) is 3.46. The Kier molecular flexibility index (Phi) is 6.19. The quantitative estimate of drug-likeness (QED) is 0.261. The molecule has 0 saturated heterocycles. The summed E-state index contributed by atoms with van der Waals surface area (Å²) in [7, 11) is 1.53. The second kappa shape index (κ2) is 9.24. The number of hydrogen-bond donors (Lipinski definition) is 0. The third-order valence-electron chi connectivity index (χ3n) is 5.14. The molecule has 4 rings (SSSR count). The summed E-state index contributed by atoms with van der Waals surface area (Å²) in [5.41, 5.74) is 1.05. The van der Waals surface area contributed by atoms with E-state index in [4.69, 9.17) is 4.74 Å². The second-order valence-corrected chi connectivity index (χ2v) is 8.37. The molecule has 4 aromatic rings. The number of carbonyl (C=O) groups excluding carboxylic acids is 1. The number of ether oxygens (including phenoxy) is 1. The summed E-state index contributed by atoms with van der Waals surface area (Å²) in [4.78, 5) is 40.8. The molecule has 3 aromatic carbocycles. The minimum Gasteiger partial charge on any atom is -0.494 e. The van der Waals surface area contributed by atoms with Crippen LogP contribution in [0.25, 0.3) is 10.2 Å². The van der Waals surface area contributed by atoms with Gasteiger partial charge in [-0.3, -0.25) is 29.9 Å². The molecule has 0 radical (unpaired) electrons. The zero-order chi connectivity index (χ0) is 24.4. The Morgan fingerprint density at radius 3 is 2.26 bits per heavy atom. The Bertz CT molecular complexity index is 1390. The number of benzene rings is 3. The first-order valence-corrected chi connectivity index (χ1v) is 10.8. The molecule has 0 aliphatic heterocycles. The number of nitrogens with zero attached hydrogens (tertiary/aromatic N) is 4. The van der Waals surface area contributed by atoms with Crippen LogP contribution in [0.2, 0.25) is 0 Å². The van der Waals surface area contributed by atoms with Crippen molar-refractivity contribution in [3.8, 4) is 5.75 Å². The zero-order valence-electron chi connectivity index (χ0n) is 18.1. The molecule has 172 valence electrons. The van der Waals surface area contributed by atoms with E-state index in [1.807, 2.05) is 43.3 Å². The number of carbonyl (C=O) groups is 1. The summed E-state index contributed by atoms with van der Waals surface area (Å²) < 4.78 is 6.24. The number of hydrogen-bond acceptors (Lipinski definition) is 8. The van der Waals surface area contributed by atoms with E-state index in [9.17, 15) is 25.0 Å². The van der Waals surface area contributed by atoms with E-state index < -0.39 is 27.1 Å². The Labute approximate surface area is 197 Å². The number of methoxy groups -OCH3 is 1. The van der Waals surface area contributed by atoms with Gasteiger partial charge in [0.1, 0.15) is 11.3 Å². The molecule has 0 atom stereocenters. The van der Waals surface area contributed by atoms with Crippen LogP contribution in [0.1, 0.15) is 21.5 Å². The van der Waals surface area contributed by atoms with Gasteiger partial charge in [-0.05, 0) is 24.1 Å². The maximum Gasteiger partial charge on any atom is 0.277 e. The number of aromatic nitrogens is 1. The summed E-state index contributed by atoms with van der Waals surface area (Å²) in [6.07, 6.45) is 0. The SMILES string of the molecule is COc1ccc(C)c2sc(N(Cc3ccccc3)C(=O)c3cc([N+](=O)[O-])cc([N+](=O)[O-])c3)nc12. The highest BCUT2D eigenvalue weighted by Gasteiger charge is 2.27. The molecule has 0 N–H and O–H groups in total. The molecule has 1 amide bonds. The average Bonchev–Trinajstić information content (AvgIpc) is 3.29. The van der Waals surface area contributed by atoms with Gasteiger partial charge in [-0.25, -0.2) is 4.98 Å². The fourth-order valence-corrected chi connectivity index (χ4v) is 4.51. The Morgan fingerprint density at radius 2 is 1.68 bits per heavy atom. The standard InChI is InChI=1S/C23H18N4O6S/c1-14-8-9-19(33-2)20-21(14)34-23(24-20)25(13-15-6-4-3-5-7-15)22(28)16-10-17(26(29)30)12-18(11-16)27(31)32/h3-12H,13H2,1-2H3. The van der Waals surface area contributed by atoms with Crippen LogP contribution in [0, 0.1) is 27.2 Å². The van der Waals surface area contributed by atoms with Crippen LogP contribution >= 0.6 is 11.3 Å². The van der Waals surface area contributed by atoms with E-state index in [0.717, 1.165) is 34.0 Å². The highest BCUT2D eigenvalue weighted by Crippen LogP contribution is 2.37. The summed E-state index contributed by atoms with van der Waals surface area (Å²) in [6.45, 7) is 2.02. The summed E-state index contributed by atoms with van der Waals surface area (Å²) in [5, 5.41) is 23.0. The Hall–Kier alpha value is -4.38. The van der Waals surface area contributed by atoms with Crippen molar-refractivity contribution in [2.24, 2.45) is 0 Å². The van der Waals surface area contributed by atoms with Crippen molar-refractivity contribution in [1.82, 2.24) is 4.98 Å². The lowest BCUT2D eigenvalue weighted by molar-refractivity contribution is -0.394. The summed E-state index contributed by atoms with van der Waals surface area (Å²) in [6, 6.07) is 15.7. The second-order valence-electron chi connectivity index (χ2n) is 7.39. The van der Waals surface area contributed by atoms with Crippen LogP contribution in [-0.4, -0.2) is 27.8 Å². The van der Waals surface area contributed by atoms with Crippen molar-refractivity contribution < 1.29 is 19.4 Å². The van der Waals surface area contributed by atoms with Crippen LogP contribution < -0.4 is 9.64 Å². The van der Waals surface area contributed by atoms with Crippen LogP contribution in [0.5, 0.6) is 5.75 Å². The third kappa shape index (κ3) is 4.41. The lowest BCUT2D eigenvalue weighted by atomic mass is 10.1. The lowest BCUT2D eigenvalue weighted by Crippen LogP contribution is -2.30. The van der Waals surface area contributed by atoms with Crippen molar-refractivity contribution in [2.75, 3.05) is 12.0 Å². The van der Waals surface area contributed by atoms with Crippen LogP contribution in [0.3, 0.4) is 0 Å². The first kappa shape index (κ1) is 22.8. The van der Waals surface area contributed by atoms with Crippen molar-refractivity contribution in [1.29, 1.82) is 0 Å². The smallest absolute Gasteiger partial charge is 0.277 e. The summed E-state index contributed by atoms with van der Waals surface area (Å²) >= 11 is 1.27. The van der Waals surface area contributed by atoms with Gasteiger partial charge in [0.2, 0.25) is 0 Å². The molecule has 1 heterocycles. The van der Waals surface area contributed by atoms with Gasteiger partial charge in [-0.1, -0.05) is 47.7 Å². The highest BCUT2D eigenvalue weighted by molar-refractivity contribution is 7.22. The molecule has 0 spiro atoms. The van der Waals surface area contributed by atoms with Gasteiger partial charge < -0.3 is 4.74 Å². The Balaban J connectivity index is 1.87. The maximum atomic E-state index is 13.6. The van der Waals surface area contributed by atoms with E-state index in [-0.39, 0.29) is 12.1 Å². The van der Waals surface area contributed by atoms with Crippen molar-refractivity contribution in [2.45, 2.75) is 13.5 Å². The Morgan fingerprint density at radius 1 is 1.03 bits per heavy atom. The fraction of sp³-hybridized carbons (Fsp3) is 0.130. The molecule has 0 bridgehead atoms. The lowest BCUT2D eigenvalue weighted by Gasteiger charge is -2.20. The van der Waals surface area contributed by atoms with E-state index in [1.165, 1.54) is 23.3 Å². The normalized spacial score (nSPS) is 10.8. The molecule has 0 aliphatic rings. The van der Waals surface area contributed by atoms with E-state index >= 15 is 0 Å². The average molecular weight is 478 g/mol. The van der Waals surface area contributed by atoms with E-state index in [0.29, 0.717) is 16.4 Å². The number of nitro groups is 2. The van der Waals surface area contributed by atoms with E-state index in [2.05, 4.69) is 4.98 Å². The van der Waals surface area contributed by atoms with Gasteiger partial charge in [-0.15, -0.1) is 0 Å². The number of thiazole rings is 1.